The maximum atomic E-state index is 13.5. The number of ketones is 1. The first-order chi connectivity index (χ1) is 9.19. The normalized spacial score (nSPS) is 15.7. The molecule has 0 spiro atoms. The van der Waals surface area contributed by atoms with Crippen molar-refractivity contribution in [2.24, 2.45) is 5.92 Å². The number of hydrogen-bond acceptors (Lipinski definition) is 2. The molecular weight excluding hydrogens is 243 g/mol. The van der Waals surface area contributed by atoms with E-state index in [0.29, 0.717) is 12.8 Å². The third kappa shape index (κ3) is 4.05. The largest absolute Gasteiger partial charge is 0.494 e. The van der Waals surface area contributed by atoms with Crippen LogP contribution in [0.15, 0.2) is 18.2 Å². The summed E-state index contributed by atoms with van der Waals surface area (Å²) in [5, 5.41) is 0. The third-order valence-electron chi connectivity index (χ3n) is 3.92. The van der Waals surface area contributed by atoms with Gasteiger partial charge in [0.05, 0.1) is 7.11 Å². The van der Waals surface area contributed by atoms with Gasteiger partial charge in [0.15, 0.2) is 11.6 Å². The number of halogens is 1. The average Bonchev–Trinajstić information content (AvgIpc) is 2.90. The first-order valence-corrected chi connectivity index (χ1v) is 7.03. The van der Waals surface area contributed by atoms with Crippen LogP contribution in [-0.4, -0.2) is 12.9 Å². The van der Waals surface area contributed by atoms with Crippen LogP contribution in [0.3, 0.4) is 0 Å². The van der Waals surface area contributed by atoms with E-state index >= 15 is 0 Å². The molecule has 19 heavy (non-hydrogen) atoms. The quantitative estimate of drug-likeness (QED) is 0.778. The van der Waals surface area contributed by atoms with Crippen LogP contribution in [0, 0.1) is 11.7 Å². The van der Waals surface area contributed by atoms with Crippen molar-refractivity contribution in [2.75, 3.05) is 7.11 Å². The molecule has 0 bridgehead atoms. The molecule has 104 valence electrons. The van der Waals surface area contributed by atoms with E-state index < -0.39 is 5.82 Å². The topological polar surface area (TPSA) is 26.3 Å². The summed E-state index contributed by atoms with van der Waals surface area (Å²) in [5.41, 5.74) is 0.731. The third-order valence-corrected chi connectivity index (χ3v) is 3.92. The Morgan fingerprint density at radius 1 is 1.37 bits per heavy atom. The highest BCUT2D eigenvalue weighted by Gasteiger charge is 2.16. The van der Waals surface area contributed by atoms with Gasteiger partial charge in [0.2, 0.25) is 0 Å². The number of carbonyl (C=O) groups is 1. The molecule has 2 nitrogen and oxygen atoms in total. The van der Waals surface area contributed by atoms with Crippen molar-refractivity contribution < 1.29 is 13.9 Å². The van der Waals surface area contributed by atoms with E-state index in [4.69, 9.17) is 4.74 Å². The van der Waals surface area contributed by atoms with Crippen LogP contribution in [0.2, 0.25) is 0 Å². The summed E-state index contributed by atoms with van der Waals surface area (Å²) >= 11 is 0. The summed E-state index contributed by atoms with van der Waals surface area (Å²) in [5.74, 6) is 0.763. The Hall–Kier alpha value is -1.38. The highest BCUT2D eigenvalue weighted by Crippen LogP contribution is 2.28. The lowest BCUT2D eigenvalue weighted by atomic mass is 9.97. The average molecular weight is 264 g/mol. The number of methoxy groups -OCH3 is 1. The second-order valence-electron chi connectivity index (χ2n) is 5.37. The standard InChI is InChI=1S/C16H21FO2/c1-19-16-9-7-13(11-15(16)17)10-14(18)8-6-12-4-2-3-5-12/h7,9,11-12H,2-6,8,10H2,1H3. The number of Topliss-reactive ketones (excluding diaryl/α,β-unsaturated/α-hetero) is 1. The molecule has 0 amide bonds. The second kappa shape index (κ2) is 6.69. The van der Waals surface area contributed by atoms with Gasteiger partial charge in [0.1, 0.15) is 5.78 Å². The molecule has 2 rings (SSSR count). The lowest BCUT2D eigenvalue weighted by molar-refractivity contribution is -0.118. The molecule has 1 fully saturated rings. The summed E-state index contributed by atoms with van der Waals surface area (Å²) < 4.78 is 18.4. The van der Waals surface area contributed by atoms with Crippen LogP contribution in [0.1, 0.15) is 44.1 Å². The van der Waals surface area contributed by atoms with Gasteiger partial charge in [-0.1, -0.05) is 31.7 Å². The molecule has 1 aliphatic rings. The van der Waals surface area contributed by atoms with Crippen LogP contribution < -0.4 is 4.74 Å². The van der Waals surface area contributed by atoms with E-state index in [2.05, 4.69) is 0 Å². The van der Waals surface area contributed by atoms with Gasteiger partial charge in [-0.2, -0.15) is 0 Å². The molecular formula is C16H21FO2. The minimum absolute atomic E-state index is 0.205. The minimum atomic E-state index is -0.399. The summed E-state index contributed by atoms with van der Waals surface area (Å²) in [7, 11) is 1.44. The van der Waals surface area contributed by atoms with Gasteiger partial charge in [0, 0.05) is 12.8 Å². The summed E-state index contributed by atoms with van der Waals surface area (Å²) in [6, 6.07) is 4.73. The van der Waals surface area contributed by atoms with E-state index in [1.807, 2.05) is 0 Å². The van der Waals surface area contributed by atoms with E-state index in [1.165, 1.54) is 38.9 Å². The summed E-state index contributed by atoms with van der Waals surface area (Å²) in [6.07, 6.45) is 7.10. The van der Waals surface area contributed by atoms with Crippen LogP contribution in [0.5, 0.6) is 5.75 Å². The van der Waals surface area contributed by atoms with Crippen LogP contribution >= 0.6 is 0 Å². The summed E-state index contributed by atoms with van der Waals surface area (Å²) in [4.78, 5) is 11.9. The Morgan fingerprint density at radius 3 is 2.74 bits per heavy atom. The maximum absolute atomic E-state index is 13.5. The van der Waals surface area contributed by atoms with E-state index in [0.717, 1.165) is 17.9 Å². The zero-order valence-electron chi connectivity index (χ0n) is 11.5. The van der Waals surface area contributed by atoms with Crippen molar-refractivity contribution in [3.63, 3.8) is 0 Å². The van der Waals surface area contributed by atoms with Crippen molar-refractivity contribution >= 4 is 5.78 Å². The molecule has 0 heterocycles. The molecule has 3 heteroatoms. The van der Waals surface area contributed by atoms with Gasteiger partial charge >= 0.3 is 0 Å². The molecule has 0 saturated heterocycles. The zero-order chi connectivity index (χ0) is 13.7. The van der Waals surface area contributed by atoms with Crippen LogP contribution in [0.4, 0.5) is 4.39 Å². The second-order valence-corrected chi connectivity index (χ2v) is 5.37. The van der Waals surface area contributed by atoms with E-state index in [1.54, 1.807) is 12.1 Å². The molecule has 0 N–H and O–H groups in total. The van der Waals surface area contributed by atoms with Crippen LogP contribution in [-0.2, 0) is 11.2 Å². The smallest absolute Gasteiger partial charge is 0.165 e. The Bertz CT molecular complexity index is 436. The number of rotatable bonds is 6. The summed E-state index contributed by atoms with van der Waals surface area (Å²) in [6.45, 7) is 0. The highest BCUT2D eigenvalue weighted by atomic mass is 19.1. The molecule has 0 atom stereocenters. The molecule has 0 radical (unpaired) electrons. The Labute approximate surface area is 114 Å². The van der Waals surface area contributed by atoms with Gasteiger partial charge in [-0.05, 0) is 30.0 Å². The van der Waals surface area contributed by atoms with E-state index in [9.17, 15) is 9.18 Å². The van der Waals surface area contributed by atoms with E-state index in [-0.39, 0.29) is 11.5 Å². The molecule has 1 aromatic carbocycles. The number of carbonyl (C=O) groups excluding carboxylic acids is 1. The first-order valence-electron chi connectivity index (χ1n) is 7.03. The Balaban J connectivity index is 1.82. The Kier molecular flexibility index (Phi) is 4.94. The van der Waals surface area contributed by atoms with Crippen LogP contribution in [0.25, 0.3) is 0 Å². The van der Waals surface area contributed by atoms with Gasteiger partial charge in [0.25, 0.3) is 0 Å². The lowest BCUT2D eigenvalue weighted by Crippen LogP contribution is -2.06. The van der Waals surface area contributed by atoms with Gasteiger partial charge in [-0.3, -0.25) is 4.79 Å². The molecule has 0 aromatic heterocycles. The molecule has 1 aliphatic carbocycles. The molecule has 0 unspecified atom stereocenters. The minimum Gasteiger partial charge on any atom is -0.494 e. The fourth-order valence-corrected chi connectivity index (χ4v) is 2.80. The predicted octanol–water partition coefficient (Wildman–Crippen LogP) is 3.92. The fourth-order valence-electron chi connectivity index (χ4n) is 2.80. The first kappa shape index (κ1) is 14.0. The lowest BCUT2D eigenvalue weighted by Gasteiger charge is -2.08. The predicted molar refractivity (Wildman–Crippen MR) is 72.9 cm³/mol. The van der Waals surface area contributed by atoms with Crippen molar-refractivity contribution in [3.05, 3.63) is 29.6 Å². The fraction of sp³-hybridized carbons (Fsp3) is 0.562. The molecule has 1 saturated carbocycles. The SMILES string of the molecule is COc1ccc(CC(=O)CCC2CCCC2)cc1F. The number of benzene rings is 1. The number of hydrogen-bond donors (Lipinski definition) is 0. The van der Waals surface area contributed by atoms with Gasteiger partial charge in [-0.25, -0.2) is 4.39 Å². The van der Waals surface area contributed by atoms with Crippen molar-refractivity contribution in [2.45, 2.75) is 44.9 Å². The van der Waals surface area contributed by atoms with Crippen molar-refractivity contribution in [3.8, 4) is 5.75 Å². The van der Waals surface area contributed by atoms with Crippen molar-refractivity contribution in [1.29, 1.82) is 0 Å². The maximum Gasteiger partial charge on any atom is 0.165 e. The number of ether oxygens (including phenoxy) is 1. The Morgan fingerprint density at radius 2 is 2.11 bits per heavy atom. The monoisotopic (exact) mass is 264 g/mol. The highest BCUT2D eigenvalue weighted by molar-refractivity contribution is 5.80. The van der Waals surface area contributed by atoms with Gasteiger partial charge in [-0.15, -0.1) is 0 Å². The molecule has 0 aliphatic heterocycles. The van der Waals surface area contributed by atoms with Gasteiger partial charge < -0.3 is 4.74 Å². The molecule has 1 aromatic rings. The van der Waals surface area contributed by atoms with Crippen molar-refractivity contribution in [1.82, 2.24) is 0 Å². The zero-order valence-corrected chi connectivity index (χ0v) is 11.5.